The van der Waals surface area contributed by atoms with Crippen LogP contribution in [0.1, 0.15) is 5.56 Å². The molecule has 5 heteroatoms. The van der Waals surface area contributed by atoms with Crippen LogP contribution < -0.4 is 10.5 Å². The lowest BCUT2D eigenvalue weighted by atomic mass is 10.1. The lowest BCUT2D eigenvalue weighted by Gasteiger charge is -2.09. The SMILES string of the molecule is COc1cc(N)c(-n2nc3ccccc3n2)cc1C. The molecule has 0 atom stereocenters. The zero-order valence-corrected chi connectivity index (χ0v) is 10.8. The number of nitrogens with zero attached hydrogens (tertiary/aromatic N) is 3. The van der Waals surface area contributed by atoms with Crippen LogP contribution in [0, 0.1) is 6.92 Å². The van der Waals surface area contributed by atoms with Crippen LogP contribution in [-0.4, -0.2) is 22.1 Å². The first-order valence-electron chi connectivity index (χ1n) is 5.95. The lowest BCUT2D eigenvalue weighted by molar-refractivity contribution is 0.412. The van der Waals surface area contributed by atoms with E-state index >= 15 is 0 Å². The highest BCUT2D eigenvalue weighted by Gasteiger charge is 2.10. The number of fused-ring (bicyclic) bond motifs is 1. The second kappa shape index (κ2) is 4.28. The molecular weight excluding hydrogens is 240 g/mol. The van der Waals surface area contributed by atoms with Crippen molar-refractivity contribution in [3.63, 3.8) is 0 Å². The molecule has 0 fully saturated rings. The normalized spacial score (nSPS) is 10.8. The molecular formula is C14H14N4O. The van der Waals surface area contributed by atoms with Crippen molar-refractivity contribution in [1.29, 1.82) is 0 Å². The molecule has 3 rings (SSSR count). The van der Waals surface area contributed by atoms with Crippen LogP contribution in [0.4, 0.5) is 5.69 Å². The zero-order chi connectivity index (χ0) is 13.4. The van der Waals surface area contributed by atoms with Crippen LogP contribution in [0.3, 0.4) is 0 Å². The Hall–Kier alpha value is -2.56. The third-order valence-electron chi connectivity index (χ3n) is 3.05. The summed E-state index contributed by atoms with van der Waals surface area (Å²) in [6.45, 7) is 1.96. The van der Waals surface area contributed by atoms with Crippen LogP contribution in [0.25, 0.3) is 16.7 Å². The number of nitrogen functional groups attached to an aromatic ring is 1. The van der Waals surface area contributed by atoms with Crippen molar-refractivity contribution < 1.29 is 4.74 Å². The number of aryl methyl sites for hydroxylation is 1. The molecule has 0 amide bonds. The minimum absolute atomic E-state index is 0.586. The molecule has 0 radical (unpaired) electrons. The van der Waals surface area contributed by atoms with E-state index in [-0.39, 0.29) is 0 Å². The van der Waals surface area contributed by atoms with Crippen molar-refractivity contribution in [2.24, 2.45) is 0 Å². The van der Waals surface area contributed by atoms with Gasteiger partial charge in [-0.3, -0.25) is 0 Å². The van der Waals surface area contributed by atoms with Gasteiger partial charge in [0.1, 0.15) is 22.5 Å². The molecule has 19 heavy (non-hydrogen) atoms. The van der Waals surface area contributed by atoms with E-state index in [0.29, 0.717) is 5.69 Å². The molecule has 96 valence electrons. The van der Waals surface area contributed by atoms with Crippen LogP contribution in [-0.2, 0) is 0 Å². The third kappa shape index (κ3) is 1.89. The number of hydrogen-bond donors (Lipinski definition) is 1. The van der Waals surface area contributed by atoms with E-state index in [4.69, 9.17) is 10.5 Å². The van der Waals surface area contributed by atoms with Gasteiger partial charge in [-0.2, -0.15) is 0 Å². The molecule has 0 spiro atoms. The molecule has 3 aromatic rings. The Kier molecular flexibility index (Phi) is 2.59. The first-order chi connectivity index (χ1) is 9.19. The van der Waals surface area contributed by atoms with Crippen molar-refractivity contribution in [2.75, 3.05) is 12.8 Å². The number of ether oxygens (including phenoxy) is 1. The minimum Gasteiger partial charge on any atom is -0.496 e. The van der Waals surface area contributed by atoms with Gasteiger partial charge in [-0.1, -0.05) is 12.1 Å². The van der Waals surface area contributed by atoms with Crippen LogP contribution in [0.2, 0.25) is 0 Å². The first-order valence-corrected chi connectivity index (χ1v) is 5.95. The average Bonchev–Trinajstić information content (AvgIpc) is 2.84. The molecule has 1 aromatic heterocycles. The number of anilines is 1. The van der Waals surface area contributed by atoms with Gasteiger partial charge < -0.3 is 10.5 Å². The summed E-state index contributed by atoms with van der Waals surface area (Å²) in [5, 5.41) is 8.85. The van der Waals surface area contributed by atoms with Crippen LogP contribution >= 0.6 is 0 Å². The fraction of sp³-hybridized carbons (Fsp3) is 0.143. The fourth-order valence-corrected chi connectivity index (χ4v) is 2.05. The van der Waals surface area contributed by atoms with E-state index < -0.39 is 0 Å². The minimum atomic E-state index is 0.586. The number of rotatable bonds is 2. The van der Waals surface area contributed by atoms with Gasteiger partial charge in [0, 0.05) is 6.07 Å². The second-order valence-electron chi connectivity index (χ2n) is 4.36. The van der Waals surface area contributed by atoms with Gasteiger partial charge in [-0.05, 0) is 30.7 Å². The Balaban J connectivity index is 2.18. The number of benzene rings is 2. The Labute approximate surface area is 110 Å². The number of nitrogens with two attached hydrogens (primary N) is 1. The molecule has 0 saturated carbocycles. The molecule has 0 aliphatic heterocycles. The Bertz CT molecular complexity index is 715. The summed E-state index contributed by atoms with van der Waals surface area (Å²) < 4.78 is 5.25. The van der Waals surface area contributed by atoms with Gasteiger partial charge in [0.2, 0.25) is 0 Å². The van der Waals surface area contributed by atoms with E-state index in [9.17, 15) is 0 Å². The Morgan fingerprint density at radius 1 is 1.11 bits per heavy atom. The largest absolute Gasteiger partial charge is 0.496 e. The van der Waals surface area contributed by atoms with Gasteiger partial charge >= 0.3 is 0 Å². The summed E-state index contributed by atoms with van der Waals surface area (Å²) in [6.07, 6.45) is 0. The van der Waals surface area contributed by atoms with Gasteiger partial charge in [0.15, 0.2) is 0 Å². The maximum absolute atomic E-state index is 6.04. The topological polar surface area (TPSA) is 66.0 Å². The third-order valence-corrected chi connectivity index (χ3v) is 3.05. The van der Waals surface area contributed by atoms with Crippen molar-refractivity contribution in [2.45, 2.75) is 6.92 Å². The van der Waals surface area contributed by atoms with Gasteiger partial charge in [0.25, 0.3) is 0 Å². The van der Waals surface area contributed by atoms with E-state index in [2.05, 4.69) is 10.2 Å². The summed E-state index contributed by atoms with van der Waals surface area (Å²) in [6, 6.07) is 11.4. The number of hydrogen-bond acceptors (Lipinski definition) is 4. The Morgan fingerprint density at radius 3 is 2.32 bits per heavy atom. The molecule has 0 bridgehead atoms. The maximum atomic E-state index is 6.04. The fourth-order valence-electron chi connectivity index (χ4n) is 2.05. The molecule has 2 aromatic carbocycles. The molecule has 1 heterocycles. The molecule has 5 nitrogen and oxygen atoms in total. The molecule has 0 unspecified atom stereocenters. The summed E-state index contributed by atoms with van der Waals surface area (Å²) in [4.78, 5) is 1.56. The number of methoxy groups -OCH3 is 1. The second-order valence-corrected chi connectivity index (χ2v) is 4.36. The van der Waals surface area contributed by atoms with E-state index in [0.717, 1.165) is 28.0 Å². The lowest BCUT2D eigenvalue weighted by Crippen LogP contribution is -2.04. The van der Waals surface area contributed by atoms with Crippen LogP contribution in [0.15, 0.2) is 36.4 Å². The highest BCUT2D eigenvalue weighted by molar-refractivity contribution is 5.74. The summed E-state index contributed by atoms with van der Waals surface area (Å²) in [5.41, 5.74) is 10.1. The zero-order valence-electron chi connectivity index (χ0n) is 10.8. The highest BCUT2D eigenvalue weighted by Crippen LogP contribution is 2.27. The highest BCUT2D eigenvalue weighted by atomic mass is 16.5. The summed E-state index contributed by atoms with van der Waals surface area (Å²) in [7, 11) is 1.63. The summed E-state index contributed by atoms with van der Waals surface area (Å²) >= 11 is 0. The molecule has 2 N–H and O–H groups in total. The van der Waals surface area contributed by atoms with Gasteiger partial charge in [-0.15, -0.1) is 15.0 Å². The van der Waals surface area contributed by atoms with Gasteiger partial charge in [-0.25, -0.2) is 0 Å². The van der Waals surface area contributed by atoms with Crippen molar-refractivity contribution >= 4 is 16.7 Å². The quantitative estimate of drug-likeness (QED) is 0.713. The van der Waals surface area contributed by atoms with Crippen molar-refractivity contribution in [1.82, 2.24) is 15.0 Å². The summed E-state index contributed by atoms with van der Waals surface area (Å²) in [5.74, 6) is 0.762. The van der Waals surface area contributed by atoms with E-state index in [1.54, 1.807) is 18.0 Å². The van der Waals surface area contributed by atoms with Gasteiger partial charge in [0.05, 0.1) is 12.8 Å². The average molecular weight is 254 g/mol. The standard InChI is InChI=1S/C14H14N4O/c1-9-7-13(10(15)8-14(9)19-2)18-16-11-5-3-4-6-12(11)17-18/h3-8H,15H2,1-2H3. The van der Waals surface area contributed by atoms with E-state index in [1.165, 1.54) is 0 Å². The van der Waals surface area contributed by atoms with Crippen LogP contribution in [0.5, 0.6) is 5.75 Å². The molecule has 0 aliphatic rings. The Morgan fingerprint density at radius 2 is 1.74 bits per heavy atom. The van der Waals surface area contributed by atoms with Crippen molar-refractivity contribution in [3.8, 4) is 11.4 Å². The maximum Gasteiger partial charge on any atom is 0.123 e. The molecule has 0 saturated heterocycles. The predicted molar refractivity (Wildman–Crippen MR) is 74.6 cm³/mol. The van der Waals surface area contributed by atoms with Crippen molar-refractivity contribution in [3.05, 3.63) is 42.0 Å². The molecule has 0 aliphatic carbocycles. The monoisotopic (exact) mass is 254 g/mol. The predicted octanol–water partition coefficient (Wildman–Crippen LogP) is 2.32. The first kappa shape index (κ1) is 11.5. The number of aromatic nitrogens is 3. The smallest absolute Gasteiger partial charge is 0.123 e. The van der Waals surface area contributed by atoms with E-state index in [1.807, 2.05) is 37.3 Å².